The van der Waals surface area contributed by atoms with Crippen LogP contribution in [-0.4, -0.2) is 24.9 Å². The van der Waals surface area contributed by atoms with Crippen molar-refractivity contribution in [3.63, 3.8) is 0 Å². The average Bonchev–Trinajstić information content (AvgIpc) is 2.32. The maximum Gasteiger partial charge on any atom is 0.0513 e. The van der Waals surface area contributed by atoms with Gasteiger partial charge in [0.2, 0.25) is 0 Å². The fourth-order valence-electron chi connectivity index (χ4n) is 2.25. The van der Waals surface area contributed by atoms with Crippen molar-refractivity contribution in [1.82, 2.24) is 5.32 Å². The Morgan fingerprint density at radius 3 is 2.82 bits per heavy atom. The maximum atomic E-state index is 3.68. The fraction of sp³-hybridized carbons (Fsp3) is 0.571. The predicted molar refractivity (Wildman–Crippen MR) is 77.2 cm³/mol. The number of benzene rings is 1. The molecule has 0 saturated carbocycles. The summed E-state index contributed by atoms with van der Waals surface area (Å²) in [5.74, 6) is 0. The summed E-state index contributed by atoms with van der Waals surface area (Å²) in [4.78, 5) is 1.41. The number of hydrogen-bond donors (Lipinski definition) is 2. The molecule has 1 aromatic rings. The Kier molecular flexibility index (Phi) is 4.00. The normalized spacial score (nSPS) is 23.1. The Labute approximate surface area is 109 Å². The monoisotopic (exact) mass is 250 g/mol. The van der Waals surface area contributed by atoms with E-state index in [1.54, 1.807) is 0 Å². The van der Waals surface area contributed by atoms with Crippen molar-refractivity contribution in [1.29, 1.82) is 0 Å². The second-order valence-corrected chi connectivity index (χ2v) is 6.14. The molecular formula is C14H22N2S. The van der Waals surface area contributed by atoms with Gasteiger partial charge in [0.15, 0.2) is 0 Å². The highest BCUT2D eigenvalue weighted by atomic mass is 32.2. The number of rotatable bonds is 3. The molecule has 2 rings (SSSR count). The third-order valence-electron chi connectivity index (χ3n) is 3.58. The number of thioether (sulfide) groups is 1. The number of nitrogens with one attached hydrogen (secondary N) is 2. The lowest BCUT2D eigenvalue weighted by Gasteiger charge is -2.33. The summed E-state index contributed by atoms with van der Waals surface area (Å²) in [6.07, 6.45) is 1.21. The molecule has 2 nitrogen and oxygen atoms in total. The van der Waals surface area contributed by atoms with Gasteiger partial charge in [0, 0.05) is 16.2 Å². The molecule has 0 radical (unpaired) electrons. The molecule has 1 heterocycles. The predicted octanol–water partition coefficient (Wildman–Crippen LogP) is 3.19. The minimum atomic E-state index is 0.543. The molecule has 0 aliphatic carbocycles. The van der Waals surface area contributed by atoms with Crippen molar-refractivity contribution >= 4 is 17.4 Å². The van der Waals surface area contributed by atoms with Crippen molar-refractivity contribution in [2.75, 3.05) is 18.9 Å². The van der Waals surface area contributed by atoms with E-state index in [4.69, 9.17) is 0 Å². The van der Waals surface area contributed by atoms with Crippen LogP contribution < -0.4 is 10.6 Å². The Morgan fingerprint density at radius 1 is 1.35 bits per heavy atom. The molecule has 2 atom stereocenters. The van der Waals surface area contributed by atoms with E-state index in [1.165, 1.54) is 28.1 Å². The average molecular weight is 250 g/mol. The standard InChI is InChI=1S/C14H22N2S/c1-9-5-6-13-14(10(9)2)16-11(3)12(17-13)7-8-15-4/h5-6,11-12,15-16H,7-8H2,1-4H3. The summed E-state index contributed by atoms with van der Waals surface area (Å²) < 4.78 is 0. The van der Waals surface area contributed by atoms with Crippen LogP contribution in [0.5, 0.6) is 0 Å². The van der Waals surface area contributed by atoms with Crippen LogP contribution in [0.1, 0.15) is 24.5 Å². The summed E-state index contributed by atoms with van der Waals surface area (Å²) in [5, 5.41) is 7.58. The highest BCUT2D eigenvalue weighted by Gasteiger charge is 2.26. The first-order chi connectivity index (χ1) is 8.13. The van der Waals surface area contributed by atoms with Crippen molar-refractivity contribution in [3.05, 3.63) is 23.3 Å². The minimum Gasteiger partial charge on any atom is -0.380 e. The van der Waals surface area contributed by atoms with E-state index < -0.39 is 0 Å². The second-order valence-electron chi connectivity index (χ2n) is 4.86. The molecule has 1 aromatic carbocycles. The van der Waals surface area contributed by atoms with Crippen LogP contribution in [0.3, 0.4) is 0 Å². The summed E-state index contributed by atoms with van der Waals surface area (Å²) in [6.45, 7) is 7.77. The van der Waals surface area contributed by atoms with Crippen LogP contribution in [-0.2, 0) is 0 Å². The molecule has 17 heavy (non-hydrogen) atoms. The molecule has 94 valence electrons. The fourth-order valence-corrected chi connectivity index (χ4v) is 3.56. The van der Waals surface area contributed by atoms with Crippen molar-refractivity contribution < 1.29 is 0 Å². The zero-order valence-corrected chi connectivity index (χ0v) is 11.9. The second kappa shape index (κ2) is 5.32. The van der Waals surface area contributed by atoms with Gasteiger partial charge < -0.3 is 10.6 Å². The number of anilines is 1. The lowest BCUT2D eigenvalue weighted by molar-refractivity contribution is 0.633. The SMILES string of the molecule is CNCCC1Sc2ccc(C)c(C)c2NC1C. The van der Waals surface area contributed by atoms with Crippen molar-refractivity contribution in [2.45, 2.75) is 43.4 Å². The minimum absolute atomic E-state index is 0.543. The number of hydrogen-bond acceptors (Lipinski definition) is 3. The zero-order chi connectivity index (χ0) is 12.4. The Hall–Kier alpha value is -0.670. The number of fused-ring (bicyclic) bond motifs is 1. The first-order valence-electron chi connectivity index (χ1n) is 6.31. The molecule has 0 aromatic heterocycles. The topological polar surface area (TPSA) is 24.1 Å². The van der Waals surface area contributed by atoms with Crippen LogP contribution in [0.25, 0.3) is 0 Å². The lowest BCUT2D eigenvalue weighted by Crippen LogP contribution is -2.34. The molecule has 0 saturated heterocycles. The summed E-state index contributed by atoms with van der Waals surface area (Å²) in [6, 6.07) is 5.03. The van der Waals surface area contributed by atoms with Crippen LogP contribution in [0, 0.1) is 13.8 Å². The van der Waals surface area contributed by atoms with Gasteiger partial charge in [-0.2, -0.15) is 0 Å². The Bertz CT molecular complexity index is 403. The van der Waals surface area contributed by atoms with Gasteiger partial charge in [-0.3, -0.25) is 0 Å². The van der Waals surface area contributed by atoms with Crippen LogP contribution >= 0.6 is 11.8 Å². The van der Waals surface area contributed by atoms with E-state index in [0.717, 1.165) is 6.54 Å². The summed E-state index contributed by atoms with van der Waals surface area (Å²) in [5.41, 5.74) is 4.12. The molecule has 1 aliphatic rings. The molecular weight excluding hydrogens is 228 g/mol. The van der Waals surface area contributed by atoms with E-state index in [2.05, 4.69) is 43.5 Å². The quantitative estimate of drug-likeness (QED) is 0.861. The first-order valence-corrected chi connectivity index (χ1v) is 7.19. The molecule has 0 fully saturated rings. The first kappa shape index (κ1) is 12.8. The zero-order valence-electron chi connectivity index (χ0n) is 11.1. The Morgan fingerprint density at radius 2 is 2.12 bits per heavy atom. The highest BCUT2D eigenvalue weighted by Crippen LogP contribution is 2.41. The van der Waals surface area contributed by atoms with Gasteiger partial charge in [0.1, 0.15) is 0 Å². The van der Waals surface area contributed by atoms with E-state index in [-0.39, 0.29) is 0 Å². The molecule has 0 amide bonds. The van der Waals surface area contributed by atoms with Gasteiger partial charge >= 0.3 is 0 Å². The Balaban J connectivity index is 2.21. The van der Waals surface area contributed by atoms with Crippen molar-refractivity contribution in [2.24, 2.45) is 0 Å². The molecule has 2 N–H and O–H groups in total. The summed E-state index contributed by atoms with van der Waals surface area (Å²) >= 11 is 2.03. The van der Waals surface area contributed by atoms with Crippen LogP contribution in [0.2, 0.25) is 0 Å². The van der Waals surface area contributed by atoms with Gasteiger partial charge in [-0.05, 0) is 58.0 Å². The van der Waals surface area contributed by atoms with Gasteiger partial charge in [0.05, 0.1) is 5.69 Å². The molecule has 2 unspecified atom stereocenters. The van der Waals surface area contributed by atoms with Gasteiger partial charge in [0.25, 0.3) is 0 Å². The molecule has 0 bridgehead atoms. The third kappa shape index (κ3) is 2.61. The van der Waals surface area contributed by atoms with Crippen LogP contribution in [0.15, 0.2) is 17.0 Å². The van der Waals surface area contributed by atoms with E-state index >= 15 is 0 Å². The smallest absolute Gasteiger partial charge is 0.0513 e. The lowest BCUT2D eigenvalue weighted by atomic mass is 10.1. The van der Waals surface area contributed by atoms with Gasteiger partial charge in [-0.1, -0.05) is 6.07 Å². The third-order valence-corrected chi connectivity index (χ3v) is 5.13. The molecule has 3 heteroatoms. The largest absolute Gasteiger partial charge is 0.380 e. The van der Waals surface area contributed by atoms with Crippen LogP contribution in [0.4, 0.5) is 5.69 Å². The highest BCUT2D eigenvalue weighted by molar-refractivity contribution is 8.00. The molecule has 0 spiro atoms. The van der Waals surface area contributed by atoms with E-state index in [9.17, 15) is 0 Å². The van der Waals surface area contributed by atoms with Gasteiger partial charge in [-0.15, -0.1) is 11.8 Å². The maximum absolute atomic E-state index is 3.68. The van der Waals surface area contributed by atoms with E-state index in [0.29, 0.717) is 11.3 Å². The van der Waals surface area contributed by atoms with Gasteiger partial charge in [-0.25, -0.2) is 0 Å². The number of aryl methyl sites for hydroxylation is 1. The summed E-state index contributed by atoms with van der Waals surface area (Å²) in [7, 11) is 2.02. The molecule has 1 aliphatic heterocycles. The van der Waals surface area contributed by atoms with Crippen molar-refractivity contribution in [3.8, 4) is 0 Å². The van der Waals surface area contributed by atoms with E-state index in [1.807, 2.05) is 18.8 Å².